The summed E-state index contributed by atoms with van der Waals surface area (Å²) in [6.45, 7) is 3.13. The fourth-order valence-corrected chi connectivity index (χ4v) is 5.62. The van der Waals surface area contributed by atoms with Crippen LogP contribution in [0.5, 0.6) is 0 Å². The van der Waals surface area contributed by atoms with Gasteiger partial charge in [0, 0.05) is 56.8 Å². The first kappa shape index (κ1) is 27.5. The summed E-state index contributed by atoms with van der Waals surface area (Å²) in [5, 5.41) is 3.05. The van der Waals surface area contributed by atoms with E-state index < -0.39 is 17.6 Å². The van der Waals surface area contributed by atoms with Crippen LogP contribution in [0.3, 0.4) is 0 Å². The van der Waals surface area contributed by atoms with Gasteiger partial charge in [0.1, 0.15) is 0 Å². The second-order valence-electron chi connectivity index (χ2n) is 10.4. The molecule has 3 atom stereocenters. The number of pyridine rings is 1. The average Bonchev–Trinajstić information content (AvgIpc) is 3.11. The number of hydrogen-bond donors (Lipinski definition) is 1. The number of aromatic nitrogens is 1. The molecule has 3 aliphatic heterocycles. The number of likely N-dealkylation sites (tertiary alicyclic amines) is 1. The highest BCUT2D eigenvalue weighted by atomic mass is 19.4. The van der Waals surface area contributed by atoms with Crippen LogP contribution >= 0.6 is 0 Å². The van der Waals surface area contributed by atoms with E-state index in [1.165, 1.54) is 11.0 Å². The van der Waals surface area contributed by atoms with Crippen LogP contribution in [0.4, 0.5) is 13.2 Å². The molecule has 0 saturated carbocycles. The van der Waals surface area contributed by atoms with E-state index >= 15 is 0 Å². The first-order valence-corrected chi connectivity index (χ1v) is 13.4. The maximum absolute atomic E-state index is 13.2. The lowest BCUT2D eigenvalue weighted by Gasteiger charge is -2.29. The van der Waals surface area contributed by atoms with Gasteiger partial charge in [-0.1, -0.05) is 12.1 Å². The fraction of sp³-hybridized carbons (Fsp3) is 0.536. The number of halogens is 3. The molecular formula is C28H33F3N4O4. The molecule has 8 nitrogen and oxygen atoms in total. The predicted molar refractivity (Wildman–Crippen MR) is 136 cm³/mol. The monoisotopic (exact) mass is 546 g/mol. The van der Waals surface area contributed by atoms with Crippen molar-refractivity contribution in [2.75, 3.05) is 39.4 Å². The normalized spacial score (nSPS) is 24.3. The van der Waals surface area contributed by atoms with Gasteiger partial charge in [0.2, 0.25) is 5.91 Å². The minimum atomic E-state index is -4.54. The Hall–Kier alpha value is -3.02. The molecule has 1 N–H and O–H groups in total. The minimum absolute atomic E-state index is 0.00387. The van der Waals surface area contributed by atoms with Crippen LogP contribution in [0.25, 0.3) is 0 Å². The lowest BCUT2D eigenvalue weighted by molar-refractivity contribution is -0.137. The Morgan fingerprint density at radius 1 is 1.18 bits per heavy atom. The summed E-state index contributed by atoms with van der Waals surface area (Å²) in [6, 6.07) is 7.05. The lowest BCUT2D eigenvalue weighted by atomic mass is 9.96. The summed E-state index contributed by atoms with van der Waals surface area (Å²) in [6.07, 6.45) is 1.94. The van der Waals surface area contributed by atoms with Gasteiger partial charge in [-0.15, -0.1) is 0 Å². The highest BCUT2D eigenvalue weighted by Gasteiger charge is 2.39. The van der Waals surface area contributed by atoms with Crippen LogP contribution in [0.15, 0.2) is 42.7 Å². The number of hydrogen-bond acceptors (Lipinski definition) is 6. The molecule has 1 aromatic carbocycles. The number of benzene rings is 1. The van der Waals surface area contributed by atoms with Gasteiger partial charge in [-0.25, -0.2) is 0 Å². The Bertz CT molecular complexity index is 1160. The van der Waals surface area contributed by atoms with Crippen molar-refractivity contribution in [3.8, 4) is 0 Å². The Balaban J connectivity index is 1.24. The Morgan fingerprint density at radius 3 is 2.85 bits per heavy atom. The SMILES string of the molecule is O=C(CN1CCc2ccc(C(F)(F)F)cc2C1=O)N[C@H]1CN(C2CCCOCC2)C[C@@H]1OCc1cccnc1. The summed E-state index contributed by atoms with van der Waals surface area (Å²) in [5.41, 5.74) is 0.626. The Labute approximate surface area is 225 Å². The van der Waals surface area contributed by atoms with Crippen molar-refractivity contribution in [1.29, 1.82) is 0 Å². The number of nitrogens with one attached hydrogen (secondary N) is 1. The zero-order chi connectivity index (χ0) is 27.4. The number of nitrogens with zero attached hydrogens (tertiary/aromatic N) is 3. The molecular weight excluding hydrogens is 513 g/mol. The zero-order valence-corrected chi connectivity index (χ0v) is 21.7. The van der Waals surface area contributed by atoms with Crippen molar-refractivity contribution in [2.24, 2.45) is 0 Å². The van der Waals surface area contributed by atoms with Crippen LogP contribution in [0, 0.1) is 0 Å². The number of alkyl halides is 3. The third-order valence-corrected chi connectivity index (χ3v) is 7.71. The number of fused-ring (bicyclic) bond motifs is 1. The quantitative estimate of drug-likeness (QED) is 0.575. The number of carbonyl (C=O) groups excluding carboxylic acids is 2. The molecule has 1 aromatic heterocycles. The standard InChI is InChI=1S/C28H33F3N4O4/c29-28(30,31)21-6-5-20-7-10-34(27(37)23(20)13-21)17-26(36)33-24-15-35(22-4-2-11-38-12-8-22)16-25(24)39-18-19-3-1-9-32-14-19/h1,3,5-6,9,13-14,22,24-25H,2,4,7-8,10-12,15-18H2,(H,33,36)/t22?,24-,25-/m0/s1. The highest BCUT2D eigenvalue weighted by molar-refractivity contribution is 5.99. The molecule has 0 aliphatic carbocycles. The van der Waals surface area contributed by atoms with Crippen LogP contribution in [-0.2, 0) is 33.5 Å². The van der Waals surface area contributed by atoms with E-state index in [1.807, 2.05) is 12.1 Å². The summed E-state index contributed by atoms with van der Waals surface area (Å²) in [5.74, 6) is -0.918. The molecule has 1 unspecified atom stereocenters. The summed E-state index contributed by atoms with van der Waals surface area (Å²) in [7, 11) is 0. The maximum Gasteiger partial charge on any atom is 0.416 e. The third kappa shape index (κ3) is 6.77. The van der Waals surface area contributed by atoms with Crippen LogP contribution in [0.2, 0.25) is 0 Å². The summed E-state index contributed by atoms with van der Waals surface area (Å²) in [4.78, 5) is 33.9. The molecule has 210 valence electrons. The van der Waals surface area contributed by atoms with Gasteiger partial charge in [0.15, 0.2) is 0 Å². The van der Waals surface area contributed by atoms with E-state index in [1.54, 1.807) is 12.4 Å². The van der Waals surface area contributed by atoms with Crippen molar-refractivity contribution in [1.82, 2.24) is 20.1 Å². The maximum atomic E-state index is 13.2. The van der Waals surface area contributed by atoms with Gasteiger partial charge in [0.05, 0.1) is 30.9 Å². The summed E-state index contributed by atoms with van der Waals surface area (Å²) >= 11 is 0. The number of rotatable bonds is 7. The van der Waals surface area contributed by atoms with Crippen LogP contribution < -0.4 is 5.32 Å². The number of amides is 2. The largest absolute Gasteiger partial charge is 0.416 e. The van der Waals surface area contributed by atoms with E-state index in [4.69, 9.17) is 9.47 Å². The minimum Gasteiger partial charge on any atom is -0.381 e. The fourth-order valence-electron chi connectivity index (χ4n) is 5.62. The van der Waals surface area contributed by atoms with Gasteiger partial charge < -0.3 is 19.7 Å². The molecule has 4 heterocycles. The molecule has 2 aromatic rings. The van der Waals surface area contributed by atoms with Gasteiger partial charge in [0.25, 0.3) is 5.91 Å². The molecule has 5 rings (SSSR count). The second kappa shape index (κ2) is 12.0. The smallest absolute Gasteiger partial charge is 0.381 e. The average molecular weight is 547 g/mol. The number of ether oxygens (including phenoxy) is 2. The van der Waals surface area contributed by atoms with Crippen LogP contribution in [-0.4, -0.2) is 84.2 Å². The third-order valence-electron chi connectivity index (χ3n) is 7.71. The molecule has 2 amide bonds. The highest BCUT2D eigenvalue weighted by Crippen LogP contribution is 2.32. The van der Waals surface area contributed by atoms with Crippen molar-refractivity contribution in [3.05, 3.63) is 65.0 Å². The van der Waals surface area contributed by atoms with E-state index in [-0.39, 0.29) is 36.7 Å². The van der Waals surface area contributed by atoms with E-state index in [0.29, 0.717) is 44.3 Å². The van der Waals surface area contributed by atoms with Crippen molar-refractivity contribution in [3.63, 3.8) is 0 Å². The Kier molecular flexibility index (Phi) is 8.49. The molecule has 0 bridgehead atoms. The van der Waals surface area contributed by atoms with Gasteiger partial charge in [-0.2, -0.15) is 13.2 Å². The molecule has 39 heavy (non-hydrogen) atoms. The van der Waals surface area contributed by atoms with E-state index in [2.05, 4.69) is 15.2 Å². The molecule has 11 heteroatoms. The molecule has 0 radical (unpaired) electrons. The van der Waals surface area contributed by atoms with E-state index in [0.717, 1.165) is 43.6 Å². The first-order chi connectivity index (χ1) is 18.8. The van der Waals surface area contributed by atoms with Crippen molar-refractivity contribution >= 4 is 11.8 Å². The molecule has 2 fully saturated rings. The van der Waals surface area contributed by atoms with Crippen LogP contribution in [0.1, 0.15) is 46.3 Å². The predicted octanol–water partition coefficient (Wildman–Crippen LogP) is 3.05. The number of carbonyl (C=O) groups is 2. The topological polar surface area (TPSA) is 84.0 Å². The summed E-state index contributed by atoms with van der Waals surface area (Å²) < 4.78 is 51.5. The van der Waals surface area contributed by atoms with E-state index in [9.17, 15) is 22.8 Å². The van der Waals surface area contributed by atoms with Gasteiger partial charge >= 0.3 is 6.18 Å². The van der Waals surface area contributed by atoms with Gasteiger partial charge in [-0.05, 0) is 55.0 Å². The molecule has 2 saturated heterocycles. The lowest BCUT2D eigenvalue weighted by Crippen LogP contribution is -2.50. The zero-order valence-electron chi connectivity index (χ0n) is 21.7. The molecule has 0 spiro atoms. The second-order valence-corrected chi connectivity index (χ2v) is 10.4. The first-order valence-electron chi connectivity index (χ1n) is 13.4. The van der Waals surface area contributed by atoms with Crippen molar-refractivity contribution < 1.29 is 32.2 Å². The van der Waals surface area contributed by atoms with Crippen molar-refractivity contribution in [2.45, 2.75) is 56.7 Å². The Morgan fingerprint density at radius 2 is 2.05 bits per heavy atom. The molecule has 3 aliphatic rings. The van der Waals surface area contributed by atoms with Gasteiger partial charge in [-0.3, -0.25) is 19.5 Å².